The largest absolute Gasteiger partial charge is 0.367 e. The Morgan fingerprint density at radius 3 is 2.76 bits per heavy atom. The van der Waals surface area contributed by atoms with Crippen LogP contribution in [0.15, 0.2) is 24.3 Å². The Morgan fingerprint density at radius 1 is 1.06 bits per heavy atom. The maximum atomic E-state index is 3.53. The van der Waals surface area contributed by atoms with Gasteiger partial charge in [-0.15, -0.1) is 0 Å². The van der Waals surface area contributed by atoms with Crippen molar-refractivity contribution >= 4 is 5.69 Å². The third-order valence-electron chi connectivity index (χ3n) is 4.16. The molecule has 0 saturated heterocycles. The molecule has 17 heavy (non-hydrogen) atoms. The van der Waals surface area contributed by atoms with E-state index in [-0.39, 0.29) is 0 Å². The van der Waals surface area contributed by atoms with Crippen molar-refractivity contribution in [3.63, 3.8) is 0 Å². The number of nitrogens with zero attached hydrogens (tertiary/aromatic N) is 1. The normalized spacial score (nSPS) is 22.0. The first-order chi connectivity index (χ1) is 8.45. The topological polar surface area (TPSA) is 15.3 Å². The molecule has 2 heteroatoms. The summed E-state index contributed by atoms with van der Waals surface area (Å²) in [4.78, 5) is 2.66. The van der Waals surface area contributed by atoms with E-state index in [1.54, 1.807) is 0 Å². The second-order valence-corrected chi connectivity index (χ2v) is 5.29. The Kier molecular flexibility index (Phi) is 3.32. The van der Waals surface area contributed by atoms with Gasteiger partial charge in [0, 0.05) is 31.4 Å². The zero-order valence-electron chi connectivity index (χ0n) is 10.5. The summed E-state index contributed by atoms with van der Waals surface area (Å²) in [5.41, 5.74) is 2.94. The summed E-state index contributed by atoms with van der Waals surface area (Å²) in [5.74, 6) is 0. The maximum Gasteiger partial charge on any atom is 0.0414 e. The van der Waals surface area contributed by atoms with E-state index in [0.29, 0.717) is 0 Å². The van der Waals surface area contributed by atoms with Crippen molar-refractivity contribution in [3.8, 4) is 0 Å². The standard InChI is InChI=1S/C15H22N2/c1-2-7-14(8-3-1)17-11-10-16-12-13-6-4-5-9-15(13)17/h4-6,9,14,16H,1-3,7-8,10-12H2. The van der Waals surface area contributed by atoms with Gasteiger partial charge in [-0.1, -0.05) is 37.5 Å². The molecular weight excluding hydrogens is 208 g/mol. The van der Waals surface area contributed by atoms with Crippen molar-refractivity contribution in [1.29, 1.82) is 0 Å². The molecule has 0 spiro atoms. The smallest absolute Gasteiger partial charge is 0.0414 e. The van der Waals surface area contributed by atoms with Crippen molar-refractivity contribution in [2.24, 2.45) is 0 Å². The van der Waals surface area contributed by atoms with E-state index in [4.69, 9.17) is 0 Å². The number of hydrogen-bond acceptors (Lipinski definition) is 2. The van der Waals surface area contributed by atoms with E-state index >= 15 is 0 Å². The van der Waals surface area contributed by atoms with Gasteiger partial charge in [0.05, 0.1) is 0 Å². The molecule has 92 valence electrons. The summed E-state index contributed by atoms with van der Waals surface area (Å²) >= 11 is 0. The molecule has 1 aliphatic heterocycles. The highest BCUT2D eigenvalue weighted by Crippen LogP contribution is 2.30. The number of anilines is 1. The van der Waals surface area contributed by atoms with Gasteiger partial charge in [0.25, 0.3) is 0 Å². The van der Waals surface area contributed by atoms with Crippen LogP contribution in [0.2, 0.25) is 0 Å². The number of fused-ring (bicyclic) bond motifs is 1. The molecule has 0 aromatic heterocycles. The second-order valence-electron chi connectivity index (χ2n) is 5.29. The lowest BCUT2D eigenvalue weighted by Gasteiger charge is -2.36. The molecule has 0 unspecified atom stereocenters. The molecule has 0 radical (unpaired) electrons. The van der Waals surface area contributed by atoms with Crippen molar-refractivity contribution in [3.05, 3.63) is 29.8 Å². The monoisotopic (exact) mass is 230 g/mol. The molecule has 0 bridgehead atoms. The van der Waals surface area contributed by atoms with Crippen LogP contribution in [0.4, 0.5) is 5.69 Å². The van der Waals surface area contributed by atoms with Crippen LogP contribution < -0.4 is 10.2 Å². The predicted octanol–water partition coefficient (Wildman–Crippen LogP) is 2.93. The molecule has 1 fully saturated rings. The van der Waals surface area contributed by atoms with Gasteiger partial charge >= 0.3 is 0 Å². The van der Waals surface area contributed by atoms with Gasteiger partial charge in [-0.05, 0) is 24.5 Å². The van der Waals surface area contributed by atoms with Gasteiger partial charge in [0.15, 0.2) is 0 Å². The number of nitrogens with one attached hydrogen (secondary N) is 1. The number of rotatable bonds is 1. The maximum absolute atomic E-state index is 3.53. The molecule has 3 rings (SSSR count). The quantitative estimate of drug-likeness (QED) is 0.798. The molecule has 2 nitrogen and oxygen atoms in total. The molecular formula is C15H22N2. The molecule has 1 N–H and O–H groups in total. The fraction of sp³-hybridized carbons (Fsp3) is 0.600. The van der Waals surface area contributed by atoms with E-state index in [9.17, 15) is 0 Å². The summed E-state index contributed by atoms with van der Waals surface area (Å²) in [5, 5.41) is 3.53. The van der Waals surface area contributed by atoms with E-state index in [1.807, 2.05) is 0 Å². The van der Waals surface area contributed by atoms with Crippen molar-refractivity contribution in [1.82, 2.24) is 5.32 Å². The second kappa shape index (κ2) is 5.09. The minimum Gasteiger partial charge on any atom is -0.367 e. The lowest BCUT2D eigenvalue weighted by atomic mass is 9.93. The minimum absolute atomic E-state index is 0.782. The van der Waals surface area contributed by atoms with Crippen molar-refractivity contribution in [2.75, 3.05) is 18.0 Å². The zero-order valence-corrected chi connectivity index (χ0v) is 10.5. The Balaban J connectivity index is 1.88. The molecule has 2 aliphatic rings. The molecule has 1 saturated carbocycles. The first-order valence-electron chi connectivity index (χ1n) is 7.00. The van der Waals surface area contributed by atoms with Crippen LogP contribution in [0.3, 0.4) is 0 Å². The fourth-order valence-corrected chi connectivity index (χ4v) is 3.26. The Labute approximate surface area is 104 Å². The van der Waals surface area contributed by atoms with Gasteiger partial charge in [-0.2, -0.15) is 0 Å². The van der Waals surface area contributed by atoms with Crippen LogP contribution in [0.1, 0.15) is 37.7 Å². The SMILES string of the molecule is c1ccc2c(c1)CNCCN2C1CCCCC1. The Hall–Kier alpha value is -1.02. The van der Waals surface area contributed by atoms with E-state index in [2.05, 4.69) is 34.5 Å². The van der Waals surface area contributed by atoms with Gasteiger partial charge in [-0.3, -0.25) is 0 Å². The average molecular weight is 230 g/mol. The lowest BCUT2D eigenvalue weighted by molar-refractivity contribution is 0.415. The molecule has 1 aromatic carbocycles. The van der Waals surface area contributed by atoms with Crippen LogP contribution in [-0.2, 0) is 6.54 Å². The third-order valence-corrected chi connectivity index (χ3v) is 4.16. The summed E-state index contributed by atoms with van der Waals surface area (Å²) < 4.78 is 0. The third kappa shape index (κ3) is 2.32. The van der Waals surface area contributed by atoms with E-state index in [1.165, 1.54) is 49.9 Å². The van der Waals surface area contributed by atoms with Crippen LogP contribution in [0, 0.1) is 0 Å². The molecule has 0 atom stereocenters. The van der Waals surface area contributed by atoms with Crippen LogP contribution in [0.25, 0.3) is 0 Å². The van der Waals surface area contributed by atoms with Gasteiger partial charge in [0.1, 0.15) is 0 Å². The first kappa shape index (κ1) is 11.1. The van der Waals surface area contributed by atoms with E-state index in [0.717, 1.165) is 19.1 Å². The highest BCUT2D eigenvalue weighted by atomic mass is 15.2. The predicted molar refractivity (Wildman–Crippen MR) is 72.4 cm³/mol. The molecule has 1 heterocycles. The van der Waals surface area contributed by atoms with Crippen LogP contribution in [-0.4, -0.2) is 19.1 Å². The zero-order chi connectivity index (χ0) is 11.5. The summed E-state index contributed by atoms with van der Waals surface area (Å²) in [6.45, 7) is 3.31. The van der Waals surface area contributed by atoms with Gasteiger partial charge < -0.3 is 10.2 Å². The molecule has 1 aliphatic carbocycles. The van der Waals surface area contributed by atoms with Crippen molar-refractivity contribution in [2.45, 2.75) is 44.7 Å². The first-order valence-corrected chi connectivity index (χ1v) is 7.00. The summed E-state index contributed by atoms with van der Waals surface area (Å²) in [7, 11) is 0. The fourth-order valence-electron chi connectivity index (χ4n) is 3.26. The average Bonchev–Trinajstić information content (AvgIpc) is 2.62. The number of benzene rings is 1. The number of hydrogen-bond donors (Lipinski definition) is 1. The highest BCUT2D eigenvalue weighted by molar-refractivity contribution is 5.55. The lowest BCUT2D eigenvalue weighted by Crippen LogP contribution is -2.39. The van der Waals surface area contributed by atoms with Crippen LogP contribution in [0.5, 0.6) is 0 Å². The molecule has 0 amide bonds. The Morgan fingerprint density at radius 2 is 1.88 bits per heavy atom. The van der Waals surface area contributed by atoms with Gasteiger partial charge in [-0.25, -0.2) is 0 Å². The summed E-state index contributed by atoms with van der Waals surface area (Å²) in [6.07, 6.45) is 7.03. The van der Waals surface area contributed by atoms with Crippen molar-refractivity contribution < 1.29 is 0 Å². The number of para-hydroxylation sites is 1. The van der Waals surface area contributed by atoms with Crippen LogP contribution >= 0.6 is 0 Å². The molecule has 1 aromatic rings. The van der Waals surface area contributed by atoms with E-state index < -0.39 is 0 Å². The summed E-state index contributed by atoms with van der Waals surface area (Å²) in [6, 6.07) is 9.69. The Bertz CT molecular complexity index is 369. The highest BCUT2D eigenvalue weighted by Gasteiger charge is 2.23. The minimum atomic E-state index is 0.782. The van der Waals surface area contributed by atoms with Gasteiger partial charge in [0.2, 0.25) is 0 Å².